The van der Waals surface area contributed by atoms with Crippen LogP contribution in [0.4, 0.5) is 5.82 Å². The van der Waals surface area contributed by atoms with Gasteiger partial charge in [-0.15, -0.1) is 0 Å². The minimum absolute atomic E-state index is 0.729. The monoisotopic (exact) mass is 283 g/mol. The molecule has 0 amide bonds. The standard InChI is InChI=1S/C18H25N3/c1-13-8-9-21(12-14(13)2)18-17-7-5-4-6-15(17)10-16(20-18)11-19-3/h4-7,10,13-14,19H,8-9,11-12H2,1-3H3. The Balaban J connectivity index is 2.03. The van der Waals surface area contributed by atoms with Crippen LogP contribution in [-0.2, 0) is 6.54 Å². The van der Waals surface area contributed by atoms with Crippen molar-refractivity contribution in [3.8, 4) is 0 Å². The lowest BCUT2D eigenvalue weighted by Crippen LogP contribution is -2.39. The highest BCUT2D eigenvalue weighted by molar-refractivity contribution is 5.92. The summed E-state index contributed by atoms with van der Waals surface area (Å²) in [6, 6.07) is 10.8. The van der Waals surface area contributed by atoms with Gasteiger partial charge in [0.1, 0.15) is 5.82 Å². The first-order valence-corrected chi connectivity index (χ1v) is 7.97. The van der Waals surface area contributed by atoms with Crippen molar-refractivity contribution in [3.63, 3.8) is 0 Å². The van der Waals surface area contributed by atoms with Crippen LogP contribution in [-0.4, -0.2) is 25.1 Å². The third kappa shape index (κ3) is 2.88. The summed E-state index contributed by atoms with van der Waals surface area (Å²) in [5, 5.41) is 5.78. The number of fused-ring (bicyclic) bond motifs is 1. The van der Waals surface area contributed by atoms with Crippen LogP contribution in [0.2, 0.25) is 0 Å². The molecule has 1 N–H and O–H groups in total. The third-order valence-electron chi connectivity index (χ3n) is 4.76. The van der Waals surface area contributed by atoms with Gasteiger partial charge >= 0.3 is 0 Å². The van der Waals surface area contributed by atoms with Crippen molar-refractivity contribution in [1.82, 2.24) is 10.3 Å². The molecule has 1 aromatic carbocycles. The van der Waals surface area contributed by atoms with Gasteiger partial charge in [0, 0.05) is 25.0 Å². The summed E-state index contributed by atoms with van der Waals surface area (Å²) in [4.78, 5) is 7.42. The second-order valence-corrected chi connectivity index (χ2v) is 6.38. The van der Waals surface area contributed by atoms with Gasteiger partial charge in [-0.3, -0.25) is 0 Å². The first kappa shape index (κ1) is 14.3. The molecule has 0 saturated carbocycles. The Kier molecular flexibility index (Phi) is 4.11. The maximum absolute atomic E-state index is 4.94. The molecule has 1 aliphatic heterocycles. The van der Waals surface area contributed by atoms with E-state index in [1.54, 1.807) is 0 Å². The molecule has 0 aliphatic carbocycles. The Hall–Kier alpha value is -1.61. The number of nitrogens with one attached hydrogen (secondary N) is 1. The number of benzene rings is 1. The van der Waals surface area contributed by atoms with E-state index < -0.39 is 0 Å². The molecule has 21 heavy (non-hydrogen) atoms. The molecule has 2 heterocycles. The Labute approximate surface area is 127 Å². The molecular formula is C18H25N3. The van der Waals surface area contributed by atoms with E-state index in [2.05, 4.69) is 54.4 Å². The largest absolute Gasteiger partial charge is 0.356 e. The number of hydrogen-bond acceptors (Lipinski definition) is 3. The first-order chi connectivity index (χ1) is 10.2. The van der Waals surface area contributed by atoms with E-state index in [9.17, 15) is 0 Å². The Morgan fingerprint density at radius 3 is 2.81 bits per heavy atom. The highest BCUT2D eigenvalue weighted by Gasteiger charge is 2.24. The summed E-state index contributed by atoms with van der Waals surface area (Å²) in [7, 11) is 1.97. The number of aromatic nitrogens is 1. The number of nitrogens with zero attached hydrogens (tertiary/aromatic N) is 2. The quantitative estimate of drug-likeness (QED) is 0.935. The van der Waals surface area contributed by atoms with Crippen LogP contribution in [0, 0.1) is 11.8 Å². The fourth-order valence-electron chi connectivity index (χ4n) is 3.20. The maximum Gasteiger partial charge on any atom is 0.136 e. The van der Waals surface area contributed by atoms with E-state index in [4.69, 9.17) is 4.98 Å². The second-order valence-electron chi connectivity index (χ2n) is 6.38. The lowest BCUT2D eigenvalue weighted by atomic mass is 9.88. The number of pyridine rings is 1. The van der Waals surface area contributed by atoms with Crippen molar-refractivity contribution in [2.24, 2.45) is 11.8 Å². The van der Waals surface area contributed by atoms with Gasteiger partial charge in [0.15, 0.2) is 0 Å². The van der Waals surface area contributed by atoms with Crippen molar-refractivity contribution in [1.29, 1.82) is 0 Å². The van der Waals surface area contributed by atoms with Gasteiger partial charge in [-0.05, 0) is 36.8 Å². The number of hydrogen-bond donors (Lipinski definition) is 1. The van der Waals surface area contributed by atoms with Gasteiger partial charge in [0.25, 0.3) is 0 Å². The molecular weight excluding hydrogens is 258 g/mol. The zero-order chi connectivity index (χ0) is 14.8. The molecule has 112 valence electrons. The molecule has 0 spiro atoms. The highest BCUT2D eigenvalue weighted by Crippen LogP contribution is 2.31. The van der Waals surface area contributed by atoms with Gasteiger partial charge in [-0.1, -0.05) is 38.1 Å². The van der Waals surface area contributed by atoms with E-state index in [0.717, 1.165) is 43.0 Å². The molecule has 2 atom stereocenters. The highest BCUT2D eigenvalue weighted by atomic mass is 15.2. The fraction of sp³-hybridized carbons (Fsp3) is 0.500. The van der Waals surface area contributed by atoms with Gasteiger partial charge in [-0.2, -0.15) is 0 Å². The summed E-state index contributed by atoms with van der Waals surface area (Å²) in [5.74, 6) is 2.71. The van der Waals surface area contributed by atoms with Crippen molar-refractivity contribution in [2.45, 2.75) is 26.8 Å². The number of piperidine rings is 1. The molecule has 1 aromatic heterocycles. The Morgan fingerprint density at radius 2 is 2.05 bits per heavy atom. The SMILES string of the molecule is CNCc1cc2ccccc2c(N2CCC(C)C(C)C2)n1. The van der Waals surface area contributed by atoms with Crippen LogP contribution in [0.1, 0.15) is 26.0 Å². The Morgan fingerprint density at radius 1 is 1.24 bits per heavy atom. The van der Waals surface area contributed by atoms with Crippen LogP contribution in [0.15, 0.2) is 30.3 Å². The topological polar surface area (TPSA) is 28.2 Å². The summed E-state index contributed by atoms with van der Waals surface area (Å²) in [5.41, 5.74) is 1.12. The molecule has 0 bridgehead atoms. The van der Waals surface area contributed by atoms with E-state index in [0.29, 0.717) is 0 Å². The van der Waals surface area contributed by atoms with Crippen LogP contribution >= 0.6 is 0 Å². The number of anilines is 1. The normalized spacial score (nSPS) is 22.7. The lowest BCUT2D eigenvalue weighted by Gasteiger charge is -2.36. The average molecular weight is 283 g/mol. The zero-order valence-corrected chi connectivity index (χ0v) is 13.3. The smallest absolute Gasteiger partial charge is 0.136 e. The molecule has 1 saturated heterocycles. The zero-order valence-electron chi connectivity index (χ0n) is 13.3. The molecule has 3 nitrogen and oxygen atoms in total. The van der Waals surface area contributed by atoms with Gasteiger partial charge in [-0.25, -0.2) is 4.98 Å². The fourth-order valence-corrected chi connectivity index (χ4v) is 3.20. The van der Waals surface area contributed by atoms with Crippen molar-refractivity contribution in [2.75, 3.05) is 25.0 Å². The van der Waals surface area contributed by atoms with Crippen molar-refractivity contribution in [3.05, 3.63) is 36.0 Å². The van der Waals surface area contributed by atoms with E-state index in [1.807, 2.05) is 7.05 Å². The molecule has 2 aromatic rings. The second kappa shape index (κ2) is 6.02. The van der Waals surface area contributed by atoms with Gasteiger partial charge in [0.2, 0.25) is 0 Å². The summed E-state index contributed by atoms with van der Waals surface area (Å²) in [6.07, 6.45) is 1.26. The minimum atomic E-state index is 0.729. The van der Waals surface area contributed by atoms with Crippen LogP contribution in [0.25, 0.3) is 10.8 Å². The summed E-state index contributed by atoms with van der Waals surface area (Å²) < 4.78 is 0. The summed E-state index contributed by atoms with van der Waals surface area (Å²) in [6.45, 7) is 7.77. The number of rotatable bonds is 3. The predicted octanol–water partition coefficient (Wildman–Crippen LogP) is 3.44. The van der Waals surface area contributed by atoms with Crippen LogP contribution < -0.4 is 10.2 Å². The lowest BCUT2D eigenvalue weighted by molar-refractivity contribution is 0.323. The predicted molar refractivity (Wildman–Crippen MR) is 89.7 cm³/mol. The van der Waals surface area contributed by atoms with Gasteiger partial charge in [0.05, 0.1) is 5.69 Å². The first-order valence-electron chi connectivity index (χ1n) is 7.97. The van der Waals surface area contributed by atoms with E-state index in [-0.39, 0.29) is 0 Å². The average Bonchev–Trinajstić information content (AvgIpc) is 2.50. The molecule has 1 fully saturated rings. The molecule has 3 rings (SSSR count). The molecule has 0 radical (unpaired) electrons. The van der Waals surface area contributed by atoms with E-state index in [1.165, 1.54) is 17.2 Å². The van der Waals surface area contributed by atoms with Crippen LogP contribution in [0.5, 0.6) is 0 Å². The van der Waals surface area contributed by atoms with Crippen LogP contribution in [0.3, 0.4) is 0 Å². The molecule has 1 aliphatic rings. The maximum atomic E-state index is 4.94. The molecule has 3 heteroatoms. The summed E-state index contributed by atoms with van der Waals surface area (Å²) >= 11 is 0. The van der Waals surface area contributed by atoms with Crippen molar-refractivity contribution < 1.29 is 0 Å². The minimum Gasteiger partial charge on any atom is -0.356 e. The van der Waals surface area contributed by atoms with Gasteiger partial charge < -0.3 is 10.2 Å². The molecule has 2 unspecified atom stereocenters. The van der Waals surface area contributed by atoms with E-state index >= 15 is 0 Å². The Bertz CT molecular complexity index is 623. The third-order valence-corrected chi connectivity index (χ3v) is 4.76. The van der Waals surface area contributed by atoms with Crippen molar-refractivity contribution >= 4 is 16.6 Å².